The first-order chi connectivity index (χ1) is 12.1. The van der Waals surface area contributed by atoms with Crippen molar-refractivity contribution in [1.82, 2.24) is 0 Å². The van der Waals surface area contributed by atoms with Crippen molar-refractivity contribution in [3.63, 3.8) is 0 Å². The molecule has 0 radical (unpaired) electrons. The summed E-state index contributed by atoms with van der Waals surface area (Å²) in [6.07, 6.45) is 2.31. The largest absolute Gasteiger partial charge is 0.310 e. The van der Waals surface area contributed by atoms with E-state index in [1.54, 1.807) is 0 Å². The number of hydrogen-bond donors (Lipinski definition) is 0. The molecule has 0 saturated heterocycles. The minimum Gasteiger partial charge on any atom is -0.310 e. The summed E-state index contributed by atoms with van der Waals surface area (Å²) in [7, 11) is 0. The van der Waals surface area contributed by atoms with E-state index in [4.69, 9.17) is 0 Å². The molecule has 1 nitrogen and oxygen atoms in total. The van der Waals surface area contributed by atoms with Crippen molar-refractivity contribution >= 4 is 17.1 Å². The van der Waals surface area contributed by atoms with Crippen LogP contribution in [0.5, 0.6) is 0 Å². The van der Waals surface area contributed by atoms with E-state index in [0.717, 1.165) is 6.42 Å². The standard InChI is InChI=1S/C24H27N/c1-5-6-21-10-15-23(16-11-21)25(22-12-7-18(2)8-13-22)24-14-9-19(3)20(4)17-24/h7-17H,5-6H2,1-4H3. The Kier molecular flexibility index (Phi) is 5.23. The van der Waals surface area contributed by atoms with Crippen molar-refractivity contribution in [2.45, 2.75) is 40.5 Å². The molecule has 0 amide bonds. The summed E-state index contributed by atoms with van der Waals surface area (Å²) in [5, 5.41) is 0. The maximum Gasteiger partial charge on any atom is 0.0464 e. The molecule has 0 atom stereocenters. The van der Waals surface area contributed by atoms with E-state index in [-0.39, 0.29) is 0 Å². The molecule has 0 N–H and O–H groups in total. The molecule has 0 bridgehead atoms. The molecule has 0 aliphatic carbocycles. The third-order valence-electron chi connectivity index (χ3n) is 4.77. The Hall–Kier alpha value is -2.54. The molecule has 1 heteroatoms. The summed E-state index contributed by atoms with van der Waals surface area (Å²) in [5.74, 6) is 0. The first-order valence-electron chi connectivity index (χ1n) is 9.11. The van der Waals surface area contributed by atoms with Crippen molar-refractivity contribution in [3.8, 4) is 0 Å². The van der Waals surface area contributed by atoms with Gasteiger partial charge in [0.2, 0.25) is 0 Å². The van der Waals surface area contributed by atoms with Gasteiger partial charge in [0.15, 0.2) is 0 Å². The molecular weight excluding hydrogens is 302 g/mol. The highest BCUT2D eigenvalue weighted by atomic mass is 15.1. The minimum absolute atomic E-state index is 1.13. The van der Waals surface area contributed by atoms with Crippen LogP contribution in [0, 0.1) is 20.8 Å². The third-order valence-corrected chi connectivity index (χ3v) is 4.77. The van der Waals surface area contributed by atoms with Gasteiger partial charge in [-0.3, -0.25) is 0 Å². The van der Waals surface area contributed by atoms with Crippen LogP contribution in [0.25, 0.3) is 0 Å². The Morgan fingerprint density at radius 3 is 1.76 bits per heavy atom. The van der Waals surface area contributed by atoms with E-state index in [1.807, 2.05) is 0 Å². The van der Waals surface area contributed by atoms with Gasteiger partial charge in [-0.1, -0.05) is 49.2 Å². The average molecular weight is 329 g/mol. The Labute approximate surface area is 151 Å². The van der Waals surface area contributed by atoms with Crippen molar-refractivity contribution in [1.29, 1.82) is 0 Å². The Bertz CT molecular complexity index is 829. The number of benzene rings is 3. The van der Waals surface area contributed by atoms with Gasteiger partial charge in [0.05, 0.1) is 0 Å². The van der Waals surface area contributed by atoms with E-state index in [0.29, 0.717) is 0 Å². The molecular formula is C24H27N. The predicted octanol–water partition coefficient (Wildman–Crippen LogP) is 7.03. The average Bonchev–Trinajstić information content (AvgIpc) is 2.62. The molecule has 128 valence electrons. The van der Waals surface area contributed by atoms with Crippen LogP contribution in [0.4, 0.5) is 17.1 Å². The summed E-state index contributed by atoms with van der Waals surface area (Å²) < 4.78 is 0. The fourth-order valence-corrected chi connectivity index (χ4v) is 3.11. The van der Waals surface area contributed by atoms with Gasteiger partial charge in [-0.25, -0.2) is 0 Å². The maximum absolute atomic E-state index is 2.33. The quantitative estimate of drug-likeness (QED) is 0.485. The highest BCUT2D eigenvalue weighted by molar-refractivity contribution is 5.77. The van der Waals surface area contributed by atoms with Crippen molar-refractivity contribution < 1.29 is 0 Å². The molecule has 0 aliphatic heterocycles. The smallest absolute Gasteiger partial charge is 0.0464 e. The Morgan fingerprint density at radius 1 is 0.640 bits per heavy atom. The lowest BCUT2D eigenvalue weighted by atomic mass is 10.1. The number of anilines is 3. The monoisotopic (exact) mass is 329 g/mol. The van der Waals surface area contributed by atoms with Crippen LogP contribution in [-0.2, 0) is 6.42 Å². The molecule has 0 unspecified atom stereocenters. The van der Waals surface area contributed by atoms with E-state index < -0.39 is 0 Å². The minimum atomic E-state index is 1.13. The fraction of sp³-hybridized carbons (Fsp3) is 0.250. The summed E-state index contributed by atoms with van der Waals surface area (Å²) >= 11 is 0. The van der Waals surface area contributed by atoms with E-state index >= 15 is 0 Å². The van der Waals surface area contributed by atoms with Crippen LogP contribution < -0.4 is 4.90 Å². The predicted molar refractivity (Wildman–Crippen MR) is 109 cm³/mol. The molecule has 0 spiro atoms. The summed E-state index contributed by atoms with van der Waals surface area (Å²) in [6.45, 7) is 8.69. The highest BCUT2D eigenvalue weighted by Crippen LogP contribution is 2.35. The van der Waals surface area contributed by atoms with E-state index in [2.05, 4.69) is 99.3 Å². The van der Waals surface area contributed by atoms with Gasteiger partial charge in [0.25, 0.3) is 0 Å². The lowest BCUT2D eigenvalue weighted by Crippen LogP contribution is -2.10. The van der Waals surface area contributed by atoms with Crippen LogP contribution in [0.1, 0.15) is 35.6 Å². The Morgan fingerprint density at radius 2 is 1.20 bits per heavy atom. The van der Waals surface area contributed by atoms with E-state index in [1.165, 1.54) is 45.7 Å². The highest BCUT2D eigenvalue weighted by Gasteiger charge is 2.13. The molecule has 0 aliphatic rings. The van der Waals surface area contributed by atoms with E-state index in [9.17, 15) is 0 Å². The van der Waals surface area contributed by atoms with Crippen LogP contribution in [0.2, 0.25) is 0 Å². The molecule has 0 saturated carbocycles. The van der Waals surface area contributed by atoms with Crippen LogP contribution in [0.3, 0.4) is 0 Å². The van der Waals surface area contributed by atoms with Crippen molar-refractivity contribution in [3.05, 3.63) is 89.0 Å². The van der Waals surface area contributed by atoms with Gasteiger partial charge in [0.1, 0.15) is 0 Å². The summed E-state index contributed by atoms with van der Waals surface area (Å²) in [6, 6.07) is 24.4. The molecule has 0 fully saturated rings. The number of hydrogen-bond acceptors (Lipinski definition) is 1. The first-order valence-corrected chi connectivity index (χ1v) is 9.11. The summed E-state index contributed by atoms with van der Waals surface area (Å²) in [4.78, 5) is 2.33. The SMILES string of the molecule is CCCc1ccc(N(c2ccc(C)cc2)c2ccc(C)c(C)c2)cc1. The molecule has 0 aromatic heterocycles. The van der Waals surface area contributed by atoms with Gasteiger partial charge in [-0.2, -0.15) is 0 Å². The fourth-order valence-electron chi connectivity index (χ4n) is 3.11. The van der Waals surface area contributed by atoms with Gasteiger partial charge >= 0.3 is 0 Å². The van der Waals surface area contributed by atoms with Gasteiger partial charge in [-0.05, 0) is 80.3 Å². The maximum atomic E-state index is 2.33. The van der Waals surface area contributed by atoms with Gasteiger partial charge < -0.3 is 4.90 Å². The lowest BCUT2D eigenvalue weighted by molar-refractivity contribution is 0.922. The molecule has 3 aromatic carbocycles. The number of aryl methyl sites for hydroxylation is 4. The van der Waals surface area contributed by atoms with Crippen LogP contribution in [0.15, 0.2) is 66.7 Å². The zero-order valence-electron chi connectivity index (χ0n) is 15.7. The normalized spacial score (nSPS) is 10.7. The van der Waals surface area contributed by atoms with Gasteiger partial charge in [0, 0.05) is 17.1 Å². The molecule has 3 aromatic rings. The number of nitrogens with zero attached hydrogens (tertiary/aromatic N) is 1. The van der Waals surface area contributed by atoms with Crippen molar-refractivity contribution in [2.75, 3.05) is 4.90 Å². The van der Waals surface area contributed by atoms with Crippen LogP contribution >= 0.6 is 0 Å². The number of rotatable bonds is 5. The first kappa shape index (κ1) is 17.3. The second kappa shape index (κ2) is 7.57. The topological polar surface area (TPSA) is 3.24 Å². The molecule has 3 rings (SSSR count). The molecule has 25 heavy (non-hydrogen) atoms. The zero-order chi connectivity index (χ0) is 17.8. The van der Waals surface area contributed by atoms with Crippen molar-refractivity contribution in [2.24, 2.45) is 0 Å². The Balaban J connectivity index is 2.07. The van der Waals surface area contributed by atoms with Crippen LogP contribution in [-0.4, -0.2) is 0 Å². The third kappa shape index (κ3) is 3.93. The lowest BCUT2D eigenvalue weighted by Gasteiger charge is -2.26. The molecule has 0 heterocycles. The summed E-state index contributed by atoms with van der Waals surface area (Å²) in [5.41, 5.74) is 8.92. The second-order valence-electron chi connectivity index (χ2n) is 6.86. The van der Waals surface area contributed by atoms with Gasteiger partial charge in [-0.15, -0.1) is 0 Å². The zero-order valence-corrected chi connectivity index (χ0v) is 15.7. The second-order valence-corrected chi connectivity index (χ2v) is 6.86.